The predicted octanol–water partition coefficient (Wildman–Crippen LogP) is 3.29. The molecule has 2 rings (SSSR count). The molecule has 2 atom stereocenters. The number of piperidine rings is 1. The van der Waals surface area contributed by atoms with E-state index in [1.807, 2.05) is 17.9 Å². The van der Waals surface area contributed by atoms with Crippen molar-refractivity contribution in [2.24, 2.45) is 5.73 Å². The number of nitrogens with one attached hydrogen (secondary N) is 1. The van der Waals surface area contributed by atoms with E-state index in [1.54, 1.807) is 0 Å². The van der Waals surface area contributed by atoms with Gasteiger partial charge in [0, 0.05) is 24.3 Å². The summed E-state index contributed by atoms with van der Waals surface area (Å²) in [7, 11) is 0. The first-order chi connectivity index (χ1) is 10.0. The molecule has 1 aliphatic rings. The van der Waals surface area contributed by atoms with E-state index in [4.69, 9.17) is 5.73 Å². The van der Waals surface area contributed by atoms with Crippen LogP contribution in [0.4, 0.5) is 5.69 Å². The maximum atomic E-state index is 12.5. The first kappa shape index (κ1) is 22.0. The van der Waals surface area contributed by atoms with Gasteiger partial charge in [0.15, 0.2) is 0 Å². The van der Waals surface area contributed by atoms with Crippen molar-refractivity contribution < 1.29 is 4.79 Å². The van der Waals surface area contributed by atoms with Crippen LogP contribution < -0.4 is 11.1 Å². The van der Waals surface area contributed by atoms with Crippen molar-refractivity contribution in [2.45, 2.75) is 52.1 Å². The minimum absolute atomic E-state index is 0. The van der Waals surface area contributed by atoms with Crippen LogP contribution in [0.25, 0.3) is 0 Å². The van der Waals surface area contributed by atoms with Crippen LogP contribution in [-0.2, 0) is 4.79 Å². The molecule has 1 fully saturated rings. The highest BCUT2D eigenvalue weighted by atomic mass is 35.5. The Morgan fingerprint density at radius 2 is 1.91 bits per heavy atom. The SMILES string of the molecule is Cc1cccc(C)c1NCC(=O)N1CCCCC1C(C)N.Cl.Cl. The summed E-state index contributed by atoms with van der Waals surface area (Å²) >= 11 is 0. The van der Waals surface area contributed by atoms with Gasteiger partial charge in [-0.2, -0.15) is 0 Å². The van der Waals surface area contributed by atoms with Gasteiger partial charge in [-0.1, -0.05) is 18.2 Å². The summed E-state index contributed by atoms with van der Waals surface area (Å²) in [4.78, 5) is 14.5. The number of hydrogen-bond donors (Lipinski definition) is 2. The maximum Gasteiger partial charge on any atom is 0.242 e. The van der Waals surface area contributed by atoms with Crippen molar-refractivity contribution in [3.63, 3.8) is 0 Å². The second kappa shape index (κ2) is 10.0. The van der Waals surface area contributed by atoms with Gasteiger partial charge in [-0.25, -0.2) is 0 Å². The molecule has 0 saturated carbocycles. The van der Waals surface area contributed by atoms with Crippen molar-refractivity contribution in [3.8, 4) is 0 Å². The summed E-state index contributed by atoms with van der Waals surface area (Å²) in [6.45, 7) is 7.29. The number of para-hydroxylation sites is 1. The minimum atomic E-state index is 0. The second-order valence-corrected chi connectivity index (χ2v) is 6.13. The fraction of sp³-hybridized carbons (Fsp3) is 0.588. The summed E-state index contributed by atoms with van der Waals surface area (Å²) in [6.07, 6.45) is 3.27. The molecule has 0 aromatic heterocycles. The molecule has 0 bridgehead atoms. The smallest absolute Gasteiger partial charge is 0.242 e. The number of nitrogens with two attached hydrogens (primary N) is 1. The van der Waals surface area contributed by atoms with E-state index in [9.17, 15) is 4.79 Å². The first-order valence-electron chi connectivity index (χ1n) is 7.86. The summed E-state index contributed by atoms with van der Waals surface area (Å²) in [5.74, 6) is 0.152. The van der Waals surface area contributed by atoms with Crippen molar-refractivity contribution >= 4 is 36.4 Å². The molecule has 1 aromatic rings. The molecular formula is C17H29Cl2N3O. The standard InChI is InChI=1S/C17H27N3O.2ClH/c1-12-7-6-8-13(2)17(12)19-11-16(21)20-10-5-4-9-15(20)14(3)18;;/h6-8,14-15,19H,4-5,9-11,18H2,1-3H3;2*1H. The number of likely N-dealkylation sites (tertiary alicyclic amines) is 1. The van der Waals surface area contributed by atoms with Crippen LogP contribution in [0.2, 0.25) is 0 Å². The number of hydrogen-bond acceptors (Lipinski definition) is 3. The van der Waals surface area contributed by atoms with Gasteiger partial charge in [-0.3, -0.25) is 4.79 Å². The summed E-state index contributed by atoms with van der Waals surface area (Å²) < 4.78 is 0. The van der Waals surface area contributed by atoms with E-state index in [0.717, 1.165) is 25.1 Å². The van der Waals surface area contributed by atoms with Crippen molar-refractivity contribution in [1.29, 1.82) is 0 Å². The van der Waals surface area contributed by atoms with Gasteiger partial charge in [0.1, 0.15) is 0 Å². The predicted molar refractivity (Wildman–Crippen MR) is 102 cm³/mol. The fourth-order valence-corrected chi connectivity index (χ4v) is 3.17. The Morgan fingerprint density at radius 1 is 1.30 bits per heavy atom. The van der Waals surface area contributed by atoms with Gasteiger partial charge in [0.05, 0.1) is 6.54 Å². The number of halogens is 2. The Bertz CT molecular complexity index is 488. The number of anilines is 1. The zero-order chi connectivity index (χ0) is 15.4. The number of carbonyl (C=O) groups is 1. The Hall–Kier alpha value is -0.970. The van der Waals surface area contributed by atoms with Gasteiger partial charge < -0.3 is 16.0 Å². The Balaban J connectivity index is 0.00000242. The number of carbonyl (C=O) groups excluding carboxylic acids is 1. The molecule has 1 heterocycles. The van der Waals surface area contributed by atoms with Crippen LogP contribution in [0.1, 0.15) is 37.3 Å². The first-order valence-corrected chi connectivity index (χ1v) is 7.86. The third kappa shape index (κ3) is 5.55. The van der Waals surface area contributed by atoms with Gasteiger partial charge in [0.2, 0.25) is 5.91 Å². The van der Waals surface area contributed by atoms with E-state index < -0.39 is 0 Å². The highest BCUT2D eigenvalue weighted by molar-refractivity contribution is 5.85. The van der Waals surface area contributed by atoms with E-state index in [-0.39, 0.29) is 42.8 Å². The highest BCUT2D eigenvalue weighted by Gasteiger charge is 2.28. The van der Waals surface area contributed by atoms with E-state index in [1.165, 1.54) is 17.5 Å². The quantitative estimate of drug-likeness (QED) is 0.864. The van der Waals surface area contributed by atoms with Gasteiger partial charge in [-0.15, -0.1) is 24.8 Å². The number of benzene rings is 1. The summed E-state index contributed by atoms with van der Waals surface area (Å²) in [6, 6.07) is 6.38. The molecule has 1 aromatic carbocycles. The lowest BCUT2D eigenvalue weighted by Crippen LogP contribution is -2.53. The van der Waals surface area contributed by atoms with Crippen LogP contribution in [0, 0.1) is 13.8 Å². The van der Waals surface area contributed by atoms with Gasteiger partial charge in [0.25, 0.3) is 0 Å². The van der Waals surface area contributed by atoms with E-state index in [2.05, 4.69) is 31.3 Å². The maximum absolute atomic E-state index is 12.5. The van der Waals surface area contributed by atoms with Crippen LogP contribution in [-0.4, -0.2) is 36.0 Å². The molecule has 3 N–H and O–H groups in total. The molecule has 0 spiro atoms. The molecule has 132 valence electrons. The zero-order valence-electron chi connectivity index (χ0n) is 14.2. The lowest BCUT2D eigenvalue weighted by molar-refractivity contribution is -0.133. The third-order valence-electron chi connectivity index (χ3n) is 4.37. The van der Waals surface area contributed by atoms with Crippen molar-refractivity contribution in [1.82, 2.24) is 4.90 Å². The van der Waals surface area contributed by atoms with Gasteiger partial charge >= 0.3 is 0 Å². The molecule has 23 heavy (non-hydrogen) atoms. The van der Waals surface area contributed by atoms with Crippen LogP contribution in [0.3, 0.4) is 0 Å². The summed E-state index contributed by atoms with van der Waals surface area (Å²) in [5, 5.41) is 3.31. The highest BCUT2D eigenvalue weighted by Crippen LogP contribution is 2.21. The van der Waals surface area contributed by atoms with Crippen molar-refractivity contribution in [3.05, 3.63) is 29.3 Å². The molecule has 2 unspecified atom stereocenters. The molecule has 1 amide bonds. The fourth-order valence-electron chi connectivity index (χ4n) is 3.17. The largest absolute Gasteiger partial charge is 0.376 e. The Morgan fingerprint density at radius 3 is 2.48 bits per heavy atom. The molecule has 0 aliphatic carbocycles. The molecule has 6 heteroatoms. The molecule has 4 nitrogen and oxygen atoms in total. The number of aryl methyl sites for hydroxylation is 2. The lowest BCUT2D eigenvalue weighted by atomic mass is 9.97. The molecule has 1 saturated heterocycles. The number of nitrogens with zero attached hydrogens (tertiary/aromatic N) is 1. The normalized spacial score (nSPS) is 18.4. The van der Waals surface area contributed by atoms with Gasteiger partial charge in [-0.05, 0) is 51.2 Å². The molecule has 1 aliphatic heterocycles. The average molecular weight is 362 g/mol. The number of amides is 1. The van der Waals surface area contributed by atoms with Crippen LogP contribution in [0.5, 0.6) is 0 Å². The minimum Gasteiger partial charge on any atom is -0.376 e. The molecule has 0 radical (unpaired) electrons. The van der Waals surface area contributed by atoms with E-state index >= 15 is 0 Å². The monoisotopic (exact) mass is 361 g/mol. The third-order valence-corrected chi connectivity index (χ3v) is 4.37. The van der Waals surface area contributed by atoms with Crippen LogP contribution >= 0.6 is 24.8 Å². The zero-order valence-corrected chi connectivity index (χ0v) is 15.8. The molecular weight excluding hydrogens is 333 g/mol. The number of rotatable bonds is 4. The van der Waals surface area contributed by atoms with Crippen LogP contribution in [0.15, 0.2) is 18.2 Å². The average Bonchev–Trinajstić information content (AvgIpc) is 2.46. The Labute approximate surface area is 152 Å². The topological polar surface area (TPSA) is 58.4 Å². The Kier molecular flexibility index (Phi) is 9.59. The second-order valence-electron chi connectivity index (χ2n) is 6.13. The lowest BCUT2D eigenvalue weighted by Gasteiger charge is -2.38. The van der Waals surface area contributed by atoms with Crippen molar-refractivity contribution in [2.75, 3.05) is 18.4 Å². The summed E-state index contributed by atoms with van der Waals surface area (Å²) in [5.41, 5.74) is 9.45. The van der Waals surface area contributed by atoms with E-state index in [0.29, 0.717) is 6.54 Å².